The Labute approximate surface area is 201 Å². The smallest absolute Gasteiger partial charge is 0.404 e. The second kappa shape index (κ2) is 10.5. The van der Waals surface area contributed by atoms with E-state index in [1.807, 2.05) is 0 Å². The van der Waals surface area contributed by atoms with Gasteiger partial charge in [-0.25, -0.2) is 13.6 Å². The number of nitrogens with two attached hydrogens (primary N) is 1. The molecule has 3 aromatic rings. The van der Waals surface area contributed by atoms with Gasteiger partial charge >= 0.3 is 6.09 Å². The number of aromatic amines is 1. The molecule has 8 nitrogen and oxygen atoms in total. The minimum Gasteiger partial charge on any atom is -0.487 e. The van der Waals surface area contributed by atoms with Crippen molar-refractivity contribution in [3.8, 4) is 16.9 Å². The van der Waals surface area contributed by atoms with Crippen LogP contribution in [-0.4, -0.2) is 24.0 Å². The first-order chi connectivity index (χ1) is 16.1. The molecule has 2 aromatic carbocycles. The number of nitrogens with one attached hydrogen (secondary N) is 2. The summed E-state index contributed by atoms with van der Waals surface area (Å²) in [7, 11) is 1.47. The van der Waals surface area contributed by atoms with Gasteiger partial charge in [0.2, 0.25) is 0 Å². The number of rotatable bonds is 7. The molecule has 0 atom stereocenters. The third-order valence-corrected chi connectivity index (χ3v) is 5.65. The third kappa shape index (κ3) is 5.42. The van der Waals surface area contributed by atoms with Crippen LogP contribution in [0.25, 0.3) is 11.1 Å². The fraction of sp³-hybridized carbons (Fsp3) is 0.174. The van der Waals surface area contributed by atoms with Crippen LogP contribution in [0.15, 0.2) is 45.7 Å². The molecular formula is C23H20BrF2N3O5. The SMILES string of the molecule is CNC(=O)c1ccc(COC(N)=O)c(-c2c(C)[nH]c(=O)c(Br)c2OCc2ccc(F)cc2F)c1. The zero-order chi connectivity index (χ0) is 25.0. The fourth-order valence-electron chi connectivity index (χ4n) is 3.29. The zero-order valence-electron chi connectivity index (χ0n) is 18.1. The summed E-state index contributed by atoms with van der Waals surface area (Å²) in [4.78, 5) is 38.5. The maximum absolute atomic E-state index is 14.2. The Hall–Kier alpha value is -3.73. The molecule has 0 bridgehead atoms. The number of carbonyl (C=O) groups excluding carboxylic acids is 2. The molecule has 0 aliphatic heterocycles. The van der Waals surface area contributed by atoms with E-state index in [0.717, 1.165) is 12.1 Å². The van der Waals surface area contributed by atoms with Crippen LogP contribution in [0.3, 0.4) is 0 Å². The summed E-state index contributed by atoms with van der Waals surface area (Å²) in [5.74, 6) is -1.86. The number of pyridine rings is 1. The number of carbonyl (C=O) groups is 2. The van der Waals surface area contributed by atoms with Crippen molar-refractivity contribution >= 4 is 27.9 Å². The van der Waals surface area contributed by atoms with Gasteiger partial charge in [-0.3, -0.25) is 9.59 Å². The molecule has 1 aromatic heterocycles. The van der Waals surface area contributed by atoms with Crippen LogP contribution in [-0.2, 0) is 18.0 Å². The molecule has 0 saturated carbocycles. The Morgan fingerprint density at radius 2 is 1.82 bits per heavy atom. The minimum atomic E-state index is -0.996. The van der Waals surface area contributed by atoms with Crippen LogP contribution in [0.5, 0.6) is 5.75 Å². The molecule has 2 amide bonds. The summed E-state index contributed by atoms with van der Waals surface area (Å²) in [6.45, 7) is 1.07. The van der Waals surface area contributed by atoms with Gasteiger partial charge < -0.3 is 25.5 Å². The fourth-order valence-corrected chi connectivity index (χ4v) is 3.70. The van der Waals surface area contributed by atoms with E-state index in [0.29, 0.717) is 22.4 Å². The molecule has 0 saturated heterocycles. The van der Waals surface area contributed by atoms with Gasteiger partial charge in [0.25, 0.3) is 11.5 Å². The number of aromatic nitrogens is 1. The predicted octanol–water partition coefficient (Wildman–Crippen LogP) is 3.92. The van der Waals surface area contributed by atoms with Crippen LogP contribution in [0.4, 0.5) is 13.6 Å². The molecule has 34 heavy (non-hydrogen) atoms. The van der Waals surface area contributed by atoms with Crippen LogP contribution in [0, 0.1) is 18.6 Å². The molecule has 4 N–H and O–H groups in total. The van der Waals surface area contributed by atoms with Gasteiger partial charge in [0, 0.05) is 35.5 Å². The van der Waals surface area contributed by atoms with Crippen molar-refractivity contribution in [3.05, 3.63) is 85.2 Å². The van der Waals surface area contributed by atoms with E-state index < -0.39 is 23.3 Å². The van der Waals surface area contributed by atoms with Crippen LogP contribution in [0.2, 0.25) is 0 Å². The van der Waals surface area contributed by atoms with Gasteiger partial charge in [0.1, 0.15) is 35.1 Å². The first kappa shape index (κ1) is 24.9. The number of ether oxygens (including phenoxy) is 2. The Kier molecular flexibility index (Phi) is 7.67. The van der Waals surface area contributed by atoms with E-state index in [4.69, 9.17) is 15.2 Å². The molecule has 3 rings (SSSR count). The van der Waals surface area contributed by atoms with Crippen LogP contribution in [0.1, 0.15) is 27.2 Å². The largest absolute Gasteiger partial charge is 0.487 e. The molecule has 178 valence electrons. The highest BCUT2D eigenvalue weighted by Crippen LogP contribution is 2.39. The normalized spacial score (nSPS) is 10.6. The predicted molar refractivity (Wildman–Crippen MR) is 123 cm³/mol. The lowest BCUT2D eigenvalue weighted by Crippen LogP contribution is -2.19. The average Bonchev–Trinajstić information content (AvgIpc) is 2.79. The number of aryl methyl sites for hydroxylation is 1. The lowest BCUT2D eigenvalue weighted by atomic mass is 9.95. The van der Waals surface area contributed by atoms with Gasteiger partial charge in [-0.05, 0) is 58.2 Å². The van der Waals surface area contributed by atoms with Crippen molar-refractivity contribution < 1.29 is 27.8 Å². The van der Waals surface area contributed by atoms with Gasteiger partial charge in [0.15, 0.2) is 0 Å². The van der Waals surface area contributed by atoms with Crippen molar-refractivity contribution in [3.63, 3.8) is 0 Å². The van der Waals surface area contributed by atoms with E-state index in [1.165, 1.54) is 25.2 Å². The first-order valence-corrected chi connectivity index (χ1v) is 10.7. The highest BCUT2D eigenvalue weighted by atomic mass is 79.9. The van der Waals surface area contributed by atoms with E-state index in [1.54, 1.807) is 13.0 Å². The quantitative estimate of drug-likeness (QED) is 0.423. The standard InChI is InChI=1S/C23H20BrF2N3O5/c1-11-18(16-7-12(21(30)28-2)3-4-13(16)9-34-23(27)32)20(19(24)22(31)29-11)33-10-14-5-6-15(25)8-17(14)26/h3-8H,9-10H2,1-2H3,(H2,27,32)(H,28,30)(H,29,31). The van der Waals surface area contributed by atoms with Crippen molar-refractivity contribution in [2.75, 3.05) is 7.05 Å². The maximum Gasteiger partial charge on any atom is 0.404 e. The molecular weight excluding hydrogens is 516 g/mol. The molecule has 0 spiro atoms. The number of H-pyrrole nitrogens is 1. The molecule has 0 fully saturated rings. The number of halogens is 3. The van der Waals surface area contributed by atoms with Crippen molar-refractivity contribution in [2.24, 2.45) is 5.73 Å². The van der Waals surface area contributed by atoms with Crippen molar-refractivity contribution in [1.82, 2.24) is 10.3 Å². The summed E-state index contributed by atoms with van der Waals surface area (Å²) < 4.78 is 38.2. The molecule has 0 aliphatic rings. The van der Waals surface area contributed by atoms with E-state index in [-0.39, 0.29) is 40.5 Å². The lowest BCUT2D eigenvalue weighted by molar-refractivity contribution is 0.0962. The van der Waals surface area contributed by atoms with Crippen molar-refractivity contribution in [1.29, 1.82) is 0 Å². The maximum atomic E-state index is 14.2. The molecule has 11 heteroatoms. The second-order valence-electron chi connectivity index (χ2n) is 7.18. The summed E-state index contributed by atoms with van der Waals surface area (Å²) in [5.41, 5.74) is 6.56. The van der Waals surface area contributed by atoms with E-state index in [9.17, 15) is 23.2 Å². The number of benzene rings is 2. The Balaban J connectivity index is 2.17. The summed E-state index contributed by atoms with van der Waals surface area (Å²) in [6.07, 6.45) is -0.996. The number of primary amides is 1. The second-order valence-corrected chi connectivity index (χ2v) is 7.97. The Bertz CT molecular complexity index is 1330. The minimum absolute atomic E-state index is 0.0164. The summed E-state index contributed by atoms with van der Waals surface area (Å²) >= 11 is 3.21. The van der Waals surface area contributed by atoms with Crippen molar-refractivity contribution in [2.45, 2.75) is 20.1 Å². The Morgan fingerprint density at radius 3 is 2.47 bits per heavy atom. The highest BCUT2D eigenvalue weighted by Gasteiger charge is 2.22. The van der Waals surface area contributed by atoms with Crippen LogP contribution < -0.4 is 21.3 Å². The molecule has 1 heterocycles. The first-order valence-electron chi connectivity index (χ1n) is 9.89. The Morgan fingerprint density at radius 1 is 1.12 bits per heavy atom. The lowest BCUT2D eigenvalue weighted by Gasteiger charge is -2.19. The molecule has 0 unspecified atom stereocenters. The van der Waals surface area contributed by atoms with Gasteiger partial charge in [0.05, 0.1) is 0 Å². The molecule has 0 aliphatic carbocycles. The van der Waals surface area contributed by atoms with Gasteiger partial charge in [-0.2, -0.15) is 0 Å². The number of hydrogen-bond acceptors (Lipinski definition) is 5. The van der Waals surface area contributed by atoms with Gasteiger partial charge in [-0.1, -0.05) is 6.07 Å². The van der Waals surface area contributed by atoms with Crippen LogP contribution >= 0.6 is 15.9 Å². The van der Waals surface area contributed by atoms with Gasteiger partial charge in [-0.15, -0.1) is 0 Å². The molecule has 0 radical (unpaired) electrons. The summed E-state index contributed by atoms with van der Waals surface area (Å²) in [5, 5.41) is 2.52. The zero-order valence-corrected chi connectivity index (χ0v) is 19.7. The number of amides is 2. The van der Waals surface area contributed by atoms with E-state index in [2.05, 4.69) is 26.2 Å². The monoisotopic (exact) mass is 535 g/mol. The summed E-state index contributed by atoms with van der Waals surface area (Å²) in [6, 6.07) is 7.70. The average molecular weight is 536 g/mol. The number of hydrogen-bond donors (Lipinski definition) is 3. The third-order valence-electron chi connectivity index (χ3n) is 4.93. The topological polar surface area (TPSA) is 124 Å². The highest BCUT2D eigenvalue weighted by molar-refractivity contribution is 9.10. The van der Waals surface area contributed by atoms with E-state index >= 15 is 0 Å².